The van der Waals surface area contributed by atoms with E-state index < -0.39 is 0 Å². The molecule has 0 spiro atoms. The standard InChI is InChI=1S/C10H14N2O/c1-10(5-9(13)11-7-10)8-3-4-12(2)6-8/h3-4,6H,5,7H2,1-2H3,(H,11,13). The SMILES string of the molecule is Cn1ccc(C2(C)CNC(=O)C2)c1. The maximum Gasteiger partial charge on any atom is 0.220 e. The first-order valence-electron chi connectivity index (χ1n) is 4.49. The lowest BCUT2D eigenvalue weighted by molar-refractivity contribution is -0.119. The highest BCUT2D eigenvalue weighted by Crippen LogP contribution is 2.30. The van der Waals surface area contributed by atoms with Gasteiger partial charge in [-0.3, -0.25) is 4.79 Å². The maximum atomic E-state index is 11.1. The van der Waals surface area contributed by atoms with Crippen LogP contribution in [0.4, 0.5) is 0 Å². The van der Waals surface area contributed by atoms with Gasteiger partial charge in [0, 0.05) is 37.8 Å². The largest absolute Gasteiger partial charge is 0.357 e. The van der Waals surface area contributed by atoms with Crippen molar-refractivity contribution in [3.05, 3.63) is 24.0 Å². The van der Waals surface area contributed by atoms with Crippen LogP contribution in [0.1, 0.15) is 18.9 Å². The smallest absolute Gasteiger partial charge is 0.220 e. The normalized spacial score (nSPS) is 27.7. The van der Waals surface area contributed by atoms with E-state index in [0.717, 1.165) is 6.54 Å². The van der Waals surface area contributed by atoms with Gasteiger partial charge in [-0.15, -0.1) is 0 Å². The second-order valence-electron chi connectivity index (χ2n) is 4.08. The van der Waals surface area contributed by atoms with E-state index in [9.17, 15) is 4.79 Å². The Morgan fingerprint density at radius 3 is 2.85 bits per heavy atom. The van der Waals surface area contributed by atoms with Gasteiger partial charge in [0.2, 0.25) is 5.91 Å². The van der Waals surface area contributed by atoms with Crippen LogP contribution in [0.15, 0.2) is 18.5 Å². The lowest BCUT2D eigenvalue weighted by Crippen LogP contribution is -2.24. The van der Waals surface area contributed by atoms with Gasteiger partial charge in [-0.05, 0) is 11.6 Å². The lowest BCUT2D eigenvalue weighted by atomic mass is 9.83. The predicted octanol–water partition coefficient (Wildman–Crippen LogP) is 0.803. The second-order valence-corrected chi connectivity index (χ2v) is 4.08. The van der Waals surface area contributed by atoms with E-state index in [0.29, 0.717) is 6.42 Å². The van der Waals surface area contributed by atoms with Crippen LogP contribution >= 0.6 is 0 Å². The molecule has 1 unspecified atom stereocenters. The molecule has 0 bridgehead atoms. The van der Waals surface area contributed by atoms with Crippen molar-refractivity contribution in [2.24, 2.45) is 7.05 Å². The van der Waals surface area contributed by atoms with Gasteiger partial charge < -0.3 is 9.88 Å². The highest BCUT2D eigenvalue weighted by Gasteiger charge is 2.35. The van der Waals surface area contributed by atoms with Gasteiger partial charge in [0.25, 0.3) is 0 Å². The van der Waals surface area contributed by atoms with Crippen LogP contribution < -0.4 is 5.32 Å². The number of amides is 1. The molecular formula is C10H14N2O. The number of rotatable bonds is 1. The van der Waals surface area contributed by atoms with Gasteiger partial charge in [-0.2, -0.15) is 0 Å². The number of nitrogens with one attached hydrogen (secondary N) is 1. The fourth-order valence-corrected chi connectivity index (χ4v) is 1.84. The third-order valence-electron chi connectivity index (χ3n) is 2.76. The summed E-state index contributed by atoms with van der Waals surface area (Å²) in [6.07, 6.45) is 4.71. The first kappa shape index (κ1) is 8.35. The Kier molecular flexibility index (Phi) is 1.68. The van der Waals surface area contributed by atoms with E-state index in [4.69, 9.17) is 0 Å². The molecule has 1 aromatic heterocycles. The third-order valence-corrected chi connectivity index (χ3v) is 2.76. The quantitative estimate of drug-likeness (QED) is 0.678. The highest BCUT2D eigenvalue weighted by molar-refractivity contribution is 5.80. The van der Waals surface area contributed by atoms with Crippen LogP contribution in [0.2, 0.25) is 0 Å². The summed E-state index contributed by atoms with van der Waals surface area (Å²) in [6.45, 7) is 2.88. The Morgan fingerprint density at radius 1 is 1.62 bits per heavy atom. The highest BCUT2D eigenvalue weighted by atomic mass is 16.1. The van der Waals surface area contributed by atoms with E-state index in [1.807, 2.05) is 17.8 Å². The molecule has 0 aromatic carbocycles. The number of hydrogen-bond acceptors (Lipinski definition) is 1. The summed E-state index contributed by atoms with van der Waals surface area (Å²) in [5, 5.41) is 2.87. The van der Waals surface area contributed by atoms with Crippen molar-refractivity contribution in [3.63, 3.8) is 0 Å². The van der Waals surface area contributed by atoms with E-state index in [1.54, 1.807) is 0 Å². The van der Waals surface area contributed by atoms with Gasteiger partial charge in [-0.1, -0.05) is 6.92 Å². The number of carbonyl (C=O) groups is 1. The van der Waals surface area contributed by atoms with Crippen molar-refractivity contribution in [1.82, 2.24) is 9.88 Å². The summed E-state index contributed by atoms with van der Waals surface area (Å²) in [7, 11) is 2.00. The lowest BCUT2D eigenvalue weighted by Gasteiger charge is -2.19. The maximum absolute atomic E-state index is 11.1. The second kappa shape index (κ2) is 2.62. The summed E-state index contributed by atoms with van der Waals surface area (Å²) in [6, 6.07) is 2.08. The Hall–Kier alpha value is -1.25. The monoisotopic (exact) mass is 178 g/mol. The van der Waals surface area contributed by atoms with Gasteiger partial charge in [-0.25, -0.2) is 0 Å². The van der Waals surface area contributed by atoms with E-state index >= 15 is 0 Å². The Labute approximate surface area is 77.7 Å². The van der Waals surface area contributed by atoms with Crippen LogP contribution in [-0.2, 0) is 17.3 Å². The minimum Gasteiger partial charge on any atom is -0.357 e. The Bertz CT molecular complexity index is 342. The van der Waals surface area contributed by atoms with Gasteiger partial charge >= 0.3 is 0 Å². The summed E-state index contributed by atoms with van der Waals surface area (Å²) in [4.78, 5) is 11.1. The summed E-state index contributed by atoms with van der Waals surface area (Å²) in [5.74, 6) is 0.159. The molecule has 0 saturated carbocycles. The average Bonchev–Trinajstić information content (AvgIpc) is 2.60. The summed E-state index contributed by atoms with van der Waals surface area (Å²) >= 11 is 0. The Morgan fingerprint density at radius 2 is 2.38 bits per heavy atom. The van der Waals surface area contributed by atoms with Gasteiger partial charge in [0.15, 0.2) is 0 Å². The van der Waals surface area contributed by atoms with E-state index in [2.05, 4.69) is 24.5 Å². The molecule has 1 amide bonds. The molecule has 1 aliphatic rings. The topological polar surface area (TPSA) is 34.0 Å². The van der Waals surface area contributed by atoms with Crippen molar-refractivity contribution < 1.29 is 4.79 Å². The van der Waals surface area contributed by atoms with Crippen molar-refractivity contribution in [2.75, 3.05) is 6.54 Å². The average molecular weight is 178 g/mol. The molecule has 2 heterocycles. The molecule has 0 radical (unpaired) electrons. The molecule has 70 valence electrons. The van der Waals surface area contributed by atoms with Gasteiger partial charge in [0.1, 0.15) is 0 Å². The minimum absolute atomic E-state index is 0.00164. The number of carbonyl (C=O) groups excluding carboxylic acids is 1. The van der Waals surface area contributed by atoms with Crippen LogP contribution in [-0.4, -0.2) is 17.0 Å². The fraction of sp³-hybridized carbons (Fsp3) is 0.500. The zero-order chi connectivity index (χ0) is 9.47. The molecule has 1 fully saturated rings. The van der Waals surface area contributed by atoms with Crippen LogP contribution in [0.25, 0.3) is 0 Å². The molecule has 1 N–H and O–H groups in total. The number of aryl methyl sites for hydroxylation is 1. The van der Waals surface area contributed by atoms with Crippen molar-refractivity contribution in [2.45, 2.75) is 18.8 Å². The third kappa shape index (κ3) is 1.34. The van der Waals surface area contributed by atoms with Crippen LogP contribution in [0, 0.1) is 0 Å². The fourth-order valence-electron chi connectivity index (χ4n) is 1.84. The van der Waals surface area contributed by atoms with Crippen molar-refractivity contribution in [3.8, 4) is 0 Å². The predicted molar refractivity (Wildman–Crippen MR) is 50.4 cm³/mol. The molecule has 2 rings (SSSR count). The van der Waals surface area contributed by atoms with E-state index in [-0.39, 0.29) is 11.3 Å². The molecule has 13 heavy (non-hydrogen) atoms. The molecular weight excluding hydrogens is 164 g/mol. The minimum atomic E-state index is -0.00164. The molecule has 1 aromatic rings. The summed E-state index contributed by atoms with van der Waals surface area (Å²) < 4.78 is 2.02. The zero-order valence-electron chi connectivity index (χ0n) is 8.00. The molecule has 0 aliphatic carbocycles. The van der Waals surface area contributed by atoms with Crippen LogP contribution in [0.3, 0.4) is 0 Å². The Balaban J connectivity index is 2.30. The first-order chi connectivity index (χ1) is 6.10. The molecule has 3 nitrogen and oxygen atoms in total. The van der Waals surface area contributed by atoms with E-state index in [1.165, 1.54) is 5.56 Å². The van der Waals surface area contributed by atoms with Gasteiger partial charge in [0.05, 0.1) is 0 Å². The molecule has 3 heteroatoms. The molecule has 1 aliphatic heterocycles. The zero-order valence-corrected chi connectivity index (χ0v) is 8.00. The number of hydrogen-bond donors (Lipinski definition) is 1. The number of aromatic nitrogens is 1. The van der Waals surface area contributed by atoms with Crippen LogP contribution in [0.5, 0.6) is 0 Å². The number of nitrogens with zero attached hydrogens (tertiary/aromatic N) is 1. The van der Waals surface area contributed by atoms with Crippen molar-refractivity contribution >= 4 is 5.91 Å². The van der Waals surface area contributed by atoms with Crippen molar-refractivity contribution in [1.29, 1.82) is 0 Å². The molecule has 1 saturated heterocycles. The molecule has 1 atom stereocenters. The first-order valence-corrected chi connectivity index (χ1v) is 4.49. The summed E-state index contributed by atoms with van der Waals surface area (Å²) in [5.41, 5.74) is 1.24.